The minimum Gasteiger partial charge on any atom is -0.459 e. The summed E-state index contributed by atoms with van der Waals surface area (Å²) >= 11 is 0. The molecule has 11 nitrogen and oxygen atoms in total. The van der Waals surface area contributed by atoms with E-state index < -0.39 is 77.3 Å². The molecule has 2 N–H and O–H groups in total. The average Bonchev–Trinajstić information content (AvgIpc) is 2.97. The SMILES string of the molecule is C=CCOC1[C@@H](C)C(=O)[C@H](C)C[C@@](C)(OC)[C@H](O[C@@H]2O[C@H](C)C[C@H](N(C)C)[C@H]2O)[C@@H](C)C(=O)[C@@H](C)C(=O)O[C@H](CC)[C@@]1(C)O. The van der Waals surface area contributed by atoms with Crippen molar-refractivity contribution in [1.82, 2.24) is 4.90 Å². The number of Topliss-reactive ketones (excluding diaryl/α,β-unsaturated/α-hetero) is 2. The Labute approximate surface area is 263 Å². The number of ketones is 2. The predicted molar refractivity (Wildman–Crippen MR) is 165 cm³/mol. The summed E-state index contributed by atoms with van der Waals surface area (Å²) in [6.07, 6.45) is -3.04. The summed E-state index contributed by atoms with van der Waals surface area (Å²) < 4.78 is 30.3. The number of carbonyl (C=O) groups excluding carboxylic acids is 3. The van der Waals surface area contributed by atoms with Gasteiger partial charge in [0.05, 0.1) is 30.5 Å². The minimum atomic E-state index is -1.76. The van der Waals surface area contributed by atoms with Crippen LogP contribution in [0.3, 0.4) is 0 Å². The van der Waals surface area contributed by atoms with Gasteiger partial charge in [0.25, 0.3) is 0 Å². The van der Waals surface area contributed by atoms with Gasteiger partial charge in [0.15, 0.2) is 12.1 Å². The second kappa shape index (κ2) is 15.7. The highest BCUT2D eigenvalue weighted by molar-refractivity contribution is 6.00. The van der Waals surface area contributed by atoms with Crippen molar-refractivity contribution in [2.45, 2.75) is 129 Å². The Morgan fingerprint density at radius 1 is 1.05 bits per heavy atom. The van der Waals surface area contributed by atoms with E-state index in [0.29, 0.717) is 6.42 Å². The van der Waals surface area contributed by atoms with Crippen molar-refractivity contribution < 1.29 is 48.3 Å². The number of carbonyl (C=O) groups is 3. The molecule has 0 aliphatic carbocycles. The second-order valence-corrected chi connectivity index (χ2v) is 13.5. The van der Waals surface area contributed by atoms with Gasteiger partial charge in [-0.05, 0) is 61.1 Å². The first-order valence-electron chi connectivity index (χ1n) is 15.8. The number of hydrogen-bond donors (Lipinski definition) is 2. The van der Waals surface area contributed by atoms with Gasteiger partial charge in [0.2, 0.25) is 0 Å². The van der Waals surface area contributed by atoms with Crippen LogP contribution < -0.4 is 0 Å². The van der Waals surface area contributed by atoms with Crippen molar-refractivity contribution in [1.29, 1.82) is 0 Å². The number of nitrogens with zero attached hydrogens (tertiary/aromatic N) is 1. The summed E-state index contributed by atoms with van der Waals surface area (Å²) in [5.41, 5.74) is -2.99. The fourth-order valence-electron chi connectivity index (χ4n) is 6.90. The van der Waals surface area contributed by atoms with E-state index in [1.807, 2.05) is 25.9 Å². The molecule has 2 saturated heterocycles. The average molecular weight is 628 g/mol. The van der Waals surface area contributed by atoms with Gasteiger partial charge < -0.3 is 38.8 Å². The zero-order valence-corrected chi connectivity index (χ0v) is 28.6. The minimum absolute atomic E-state index is 0.0609. The molecular formula is C33H57NO10. The number of aliphatic hydroxyl groups excluding tert-OH is 1. The molecule has 0 amide bonds. The van der Waals surface area contributed by atoms with Crippen molar-refractivity contribution in [2.75, 3.05) is 27.8 Å². The Hall–Kier alpha value is -1.73. The number of esters is 1. The molecule has 0 spiro atoms. The van der Waals surface area contributed by atoms with Crippen LogP contribution in [0, 0.1) is 23.7 Å². The second-order valence-electron chi connectivity index (χ2n) is 13.5. The first-order chi connectivity index (χ1) is 20.4. The molecule has 11 heteroatoms. The van der Waals surface area contributed by atoms with Crippen LogP contribution in [0.5, 0.6) is 0 Å². The maximum atomic E-state index is 14.0. The van der Waals surface area contributed by atoms with Gasteiger partial charge in [-0.1, -0.05) is 33.8 Å². The fraction of sp³-hybridized carbons (Fsp3) is 0.848. The summed E-state index contributed by atoms with van der Waals surface area (Å²) in [7, 11) is 5.21. The zero-order valence-electron chi connectivity index (χ0n) is 28.6. The molecule has 2 aliphatic heterocycles. The van der Waals surface area contributed by atoms with Gasteiger partial charge in [-0.15, -0.1) is 6.58 Å². The number of aliphatic hydroxyl groups is 2. The van der Waals surface area contributed by atoms with E-state index in [9.17, 15) is 24.6 Å². The molecule has 44 heavy (non-hydrogen) atoms. The molecule has 0 aromatic carbocycles. The van der Waals surface area contributed by atoms with Crippen LogP contribution in [0.15, 0.2) is 12.7 Å². The monoisotopic (exact) mass is 627 g/mol. The summed E-state index contributed by atoms with van der Waals surface area (Å²) in [5, 5.41) is 23.0. The van der Waals surface area contributed by atoms with Gasteiger partial charge in [0, 0.05) is 30.9 Å². The molecule has 0 aromatic heterocycles. The fourth-order valence-corrected chi connectivity index (χ4v) is 6.90. The zero-order chi connectivity index (χ0) is 33.7. The Bertz CT molecular complexity index is 1000. The normalized spacial score (nSPS) is 43.4. The third-order valence-electron chi connectivity index (χ3n) is 9.66. The summed E-state index contributed by atoms with van der Waals surface area (Å²) in [6.45, 7) is 17.2. The van der Waals surface area contributed by atoms with Gasteiger partial charge in [-0.2, -0.15) is 0 Å². The molecule has 0 saturated carbocycles. The highest BCUT2D eigenvalue weighted by Crippen LogP contribution is 2.38. The van der Waals surface area contributed by atoms with E-state index in [1.165, 1.54) is 27.0 Å². The lowest BCUT2D eigenvalue weighted by Crippen LogP contribution is -2.60. The molecule has 254 valence electrons. The summed E-state index contributed by atoms with van der Waals surface area (Å²) in [6, 6.07) is -0.261. The molecule has 2 fully saturated rings. The standard InChI is InChI=1S/C33H57NO10/c1-13-15-41-29-20(5)25(35)18(3)17-32(8,40-12)28(44-31-27(37)23(34(10)11)16-19(4)42-31)21(6)26(36)22(7)30(38)43-24(14-2)33(29,9)39/h13,18-24,27-29,31,37,39H,1,14-17H2,2-12H3/t18-,19-,20+,21+,22-,23+,24-,27-,28-,29?,31+,32-,33-/m1/s1. The molecular weight excluding hydrogens is 570 g/mol. The maximum Gasteiger partial charge on any atom is 0.316 e. The Balaban J connectivity index is 2.66. The molecule has 0 bridgehead atoms. The summed E-state index contributed by atoms with van der Waals surface area (Å²) in [4.78, 5) is 43.3. The van der Waals surface area contributed by atoms with Crippen LogP contribution in [0.2, 0.25) is 0 Å². The molecule has 1 unspecified atom stereocenters. The molecule has 0 aromatic rings. The van der Waals surface area contributed by atoms with E-state index in [4.69, 9.17) is 23.7 Å². The highest BCUT2D eigenvalue weighted by atomic mass is 16.7. The third-order valence-corrected chi connectivity index (χ3v) is 9.66. The first-order valence-corrected chi connectivity index (χ1v) is 15.8. The van der Waals surface area contributed by atoms with Gasteiger partial charge >= 0.3 is 5.97 Å². The van der Waals surface area contributed by atoms with Crippen LogP contribution in [0.25, 0.3) is 0 Å². The Morgan fingerprint density at radius 3 is 2.16 bits per heavy atom. The number of rotatable bonds is 8. The third kappa shape index (κ3) is 8.34. The highest BCUT2D eigenvalue weighted by Gasteiger charge is 2.52. The van der Waals surface area contributed by atoms with E-state index in [1.54, 1.807) is 34.6 Å². The first kappa shape index (κ1) is 38.5. The van der Waals surface area contributed by atoms with Gasteiger partial charge in [-0.3, -0.25) is 14.4 Å². The van der Waals surface area contributed by atoms with Crippen LogP contribution >= 0.6 is 0 Å². The van der Waals surface area contributed by atoms with Crippen molar-refractivity contribution >= 4 is 17.5 Å². The molecule has 2 aliphatic rings. The van der Waals surface area contributed by atoms with Gasteiger partial charge in [-0.25, -0.2) is 0 Å². The van der Waals surface area contributed by atoms with E-state index in [2.05, 4.69) is 6.58 Å². The van der Waals surface area contributed by atoms with E-state index >= 15 is 0 Å². The van der Waals surface area contributed by atoms with Crippen LogP contribution in [-0.4, -0.2) is 115 Å². The topological polar surface area (TPSA) is 141 Å². The molecule has 0 radical (unpaired) electrons. The maximum absolute atomic E-state index is 14.0. The quantitative estimate of drug-likeness (QED) is 0.233. The van der Waals surface area contributed by atoms with E-state index in [-0.39, 0.29) is 37.4 Å². The van der Waals surface area contributed by atoms with Crippen molar-refractivity contribution in [3.63, 3.8) is 0 Å². The smallest absolute Gasteiger partial charge is 0.316 e. The van der Waals surface area contributed by atoms with Gasteiger partial charge in [0.1, 0.15) is 29.5 Å². The Morgan fingerprint density at radius 2 is 1.64 bits per heavy atom. The lowest BCUT2D eigenvalue weighted by molar-refractivity contribution is -0.295. The van der Waals surface area contributed by atoms with Crippen molar-refractivity contribution in [2.24, 2.45) is 23.7 Å². The molecule has 13 atom stereocenters. The largest absolute Gasteiger partial charge is 0.459 e. The van der Waals surface area contributed by atoms with Crippen molar-refractivity contribution in [3.8, 4) is 0 Å². The Kier molecular flexibility index (Phi) is 13.7. The van der Waals surface area contributed by atoms with E-state index in [0.717, 1.165) is 0 Å². The molecule has 2 heterocycles. The van der Waals surface area contributed by atoms with Crippen LogP contribution in [0.4, 0.5) is 0 Å². The van der Waals surface area contributed by atoms with Crippen molar-refractivity contribution in [3.05, 3.63) is 12.7 Å². The van der Waals surface area contributed by atoms with Crippen LogP contribution in [-0.2, 0) is 38.1 Å². The number of cyclic esters (lactones) is 1. The molecule has 2 rings (SSSR count). The lowest BCUT2D eigenvalue weighted by Gasteiger charge is -2.47. The number of methoxy groups -OCH3 is 1. The number of hydrogen-bond acceptors (Lipinski definition) is 11. The van der Waals surface area contributed by atoms with Crippen LogP contribution in [0.1, 0.15) is 74.7 Å². The number of likely N-dealkylation sites (N-methyl/N-ethyl adjacent to an activating group) is 1. The predicted octanol–water partition coefficient (Wildman–Crippen LogP) is 2.93. The summed E-state index contributed by atoms with van der Waals surface area (Å²) in [5.74, 6) is -5.05. The number of ether oxygens (including phenoxy) is 5. The lowest BCUT2D eigenvalue weighted by atomic mass is 9.74.